The van der Waals surface area contributed by atoms with E-state index in [-0.39, 0.29) is 27.6 Å². The zero-order valence-electron chi connectivity index (χ0n) is 15.2. The molecule has 4 N–H and O–H groups in total. The number of hydrogen-bond acceptors (Lipinski definition) is 5. The van der Waals surface area contributed by atoms with Gasteiger partial charge in [0, 0.05) is 23.2 Å². The van der Waals surface area contributed by atoms with E-state index in [4.69, 9.17) is 27.8 Å². The van der Waals surface area contributed by atoms with Gasteiger partial charge in [-0.25, -0.2) is 14.4 Å². The fraction of sp³-hybridized carbons (Fsp3) is 0.238. The molecule has 2 aromatic carbocycles. The highest BCUT2D eigenvalue weighted by Crippen LogP contribution is 2.31. The van der Waals surface area contributed by atoms with Crippen molar-refractivity contribution < 1.29 is 9.13 Å². The minimum atomic E-state index is -0.590. The summed E-state index contributed by atoms with van der Waals surface area (Å²) in [5.41, 5.74) is 13.9. The van der Waals surface area contributed by atoms with Crippen molar-refractivity contribution in [3.8, 4) is 23.2 Å². The van der Waals surface area contributed by atoms with Crippen LogP contribution < -0.4 is 11.5 Å². The first-order chi connectivity index (χ1) is 13.4. The molecular formula is C21H18ClFN4O. The van der Waals surface area contributed by atoms with E-state index >= 15 is 0 Å². The molecule has 1 atom stereocenters. The minimum Gasteiger partial charge on any atom is -0.398 e. The van der Waals surface area contributed by atoms with Crippen molar-refractivity contribution in [2.75, 3.05) is 24.7 Å². The van der Waals surface area contributed by atoms with Crippen molar-refractivity contribution in [1.82, 2.24) is 9.97 Å². The summed E-state index contributed by atoms with van der Waals surface area (Å²) in [4.78, 5) is 8.69. The zero-order chi connectivity index (χ0) is 19.9. The van der Waals surface area contributed by atoms with Gasteiger partial charge in [0.1, 0.15) is 5.82 Å². The van der Waals surface area contributed by atoms with Crippen molar-refractivity contribution in [2.24, 2.45) is 5.41 Å². The number of anilines is 2. The number of nitrogen functional groups attached to an aromatic ring is 2. The highest BCUT2D eigenvalue weighted by atomic mass is 35.5. The number of ether oxygens (including phenoxy) is 1. The Kier molecular flexibility index (Phi) is 4.58. The van der Waals surface area contributed by atoms with Crippen molar-refractivity contribution >= 4 is 34.0 Å². The van der Waals surface area contributed by atoms with Crippen molar-refractivity contribution in [3.63, 3.8) is 0 Å². The molecule has 1 aliphatic heterocycles. The smallest absolute Gasteiger partial charge is 0.165 e. The van der Waals surface area contributed by atoms with E-state index in [9.17, 15) is 4.39 Å². The second-order valence-electron chi connectivity index (χ2n) is 7.10. The SMILES string of the molecule is CC1(C#Cc2cc3nc(-c4cccc(Cl)c4F)nc(N)c3cc2N)CCOC1. The molecular weight excluding hydrogens is 379 g/mol. The third-order valence-corrected chi connectivity index (χ3v) is 5.10. The first-order valence-electron chi connectivity index (χ1n) is 8.78. The van der Waals surface area contributed by atoms with Crippen LogP contribution in [0.4, 0.5) is 15.9 Å². The number of hydrogen-bond donors (Lipinski definition) is 2. The molecule has 0 spiro atoms. The van der Waals surface area contributed by atoms with Gasteiger partial charge in [-0.3, -0.25) is 0 Å². The summed E-state index contributed by atoms with van der Waals surface area (Å²) < 4.78 is 19.8. The predicted octanol–water partition coefficient (Wildman–Crippen LogP) is 4.03. The molecule has 142 valence electrons. The summed E-state index contributed by atoms with van der Waals surface area (Å²) in [5.74, 6) is 6.16. The van der Waals surface area contributed by atoms with Crippen LogP contribution in [0.25, 0.3) is 22.3 Å². The van der Waals surface area contributed by atoms with E-state index in [2.05, 4.69) is 28.7 Å². The number of nitrogens with zero attached hydrogens (tertiary/aromatic N) is 2. The standard InChI is InChI=1S/C21H18ClFN4O/c1-21(7-8-28-11-21)6-5-12-9-17-14(10-16(12)24)19(25)27-20(26-17)13-3-2-4-15(22)18(13)23/h2-4,9-10H,7-8,11,24H2,1H3,(H2,25,26,27). The number of nitrogens with two attached hydrogens (primary N) is 2. The third-order valence-electron chi connectivity index (χ3n) is 4.81. The molecule has 1 unspecified atom stereocenters. The summed E-state index contributed by atoms with van der Waals surface area (Å²) in [6, 6.07) is 8.10. The quantitative estimate of drug-likeness (QED) is 0.479. The molecule has 0 saturated carbocycles. The summed E-state index contributed by atoms with van der Waals surface area (Å²) >= 11 is 5.88. The second-order valence-corrected chi connectivity index (χ2v) is 7.51. The molecule has 3 aromatic rings. The number of fused-ring (bicyclic) bond motifs is 1. The molecule has 28 heavy (non-hydrogen) atoms. The molecule has 0 bridgehead atoms. The average Bonchev–Trinajstić information content (AvgIpc) is 3.10. The van der Waals surface area contributed by atoms with Crippen molar-refractivity contribution in [3.05, 3.63) is 46.7 Å². The van der Waals surface area contributed by atoms with Crippen LogP contribution in [-0.4, -0.2) is 23.2 Å². The number of halogens is 2. The highest BCUT2D eigenvalue weighted by Gasteiger charge is 2.27. The van der Waals surface area contributed by atoms with E-state index in [1.54, 1.807) is 24.3 Å². The van der Waals surface area contributed by atoms with Crippen LogP contribution >= 0.6 is 11.6 Å². The molecule has 0 aliphatic carbocycles. The third kappa shape index (κ3) is 3.35. The van der Waals surface area contributed by atoms with Crippen molar-refractivity contribution in [1.29, 1.82) is 0 Å². The molecule has 0 radical (unpaired) electrons. The number of aromatic nitrogens is 2. The van der Waals surface area contributed by atoms with Crippen LogP contribution in [0.15, 0.2) is 30.3 Å². The van der Waals surface area contributed by atoms with Gasteiger partial charge in [-0.2, -0.15) is 0 Å². The Bertz CT molecular complexity index is 1150. The van der Waals surface area contributed by atoms with E-state index < -0.39 is 5.82 Å². The highest BCUT2D eigenvalue weighted by molar-refractivity contribution is 6.31. The zero-order valence-corrected chi connectivity index (χ0v) is 16.0. The Morgan fingerprint density at radius 1 is 1.25 bits per heavy atom. The monoisotopic (exact) mass is 396 g/mol. The fourth-order valence-corrected chi connectivity index (χ4v) is 3.28. The van der Waals surface area contributed by atoms with Gasteiger partial charge in [0.2, 0.25) is 0 Å². The lowest BCUT2D eigenvalue weighted by molar-refractivity contribution is 0.177. The van der Waals surface area contributed by atoms with Gasteiger partial charge in [-0.05, 0) is 37.6 Å². The van der Waals surface area contributed by atoms with Gasteiger partial charge in [-0.1, -0.05) is 29.5 Å². The van der Waals surface area contributed by atoms with Gasteiger partial charge in [-0.15, -0.1) is 0 Å². The maximum Gasteiger partial charge on any atom is 0.165 e. The van der Waals surface area contributed by atoms with Gasteiger partial charge in [0.05, 0.1) is 28.1 Å². The molecule has 1 fully saturated rings. The fourth-order valence-electron chi connectivity index (χ4n) is 3.11. The van der Waals surface area contributed by atoms with Crippen LogP contribution in [-0.2, 0) is 4.74 Å². The Labute approximate surface area is 166 Å². The van der Waals surface area contributed by atoms with Crippen LogP contribution in [0, 0.1) is 23.1 Å². The van der Waals surface area contributed by atoms with Crippen LogP contribution in [0.5, 0.6) is 0 Å². The first-order valence-corrected chi connectivity index (χ1v) is 9.16. The largest absolute Gasteiger partial charge is 0.398 e. The second kappa shape index (κ2) is 6.93. The molecule has 5 nitrogen and oxygen atoms in total. The Hall–Kier alpha value is -2.88. The summed E-state index contributed by atoms with van der Waals surface area (Å²) in [5, 5.41) is 0.584. The van der Waals surface area contributed by atoms with Crippen LogP contribution in [0.3, 0.4) is 0 Å². The van der Waals surface area contributed by atoms with E-state index in [0.717, 1.165) is 6.42 Å². The Morgan fingerprint density at radius 2 is 2.07 bits per heavy atom. The van der Waals surface area contributed by atoms with E-state index in [1.807, 2.05) is 0 Å². The molecule has 7 heteroatoms. The van der Waals surface area contributed by atoms with Gasteiger partial charge in [0.15, 0.2) is 11.6 Å². The van der Waals surface area contributed by atoms with Crippen molar-refractivity contribution in [2.45, 2.75) is 13.3 Å². The number of benzene rings is 2. The molecule has 1 aromatic heterocycles. The minimum absolute atomic E-state index is 0.00402. The van der Waals surface area contributed by atoms with Gasteiger partial charge in [0.25, 0.3) is 0 Å². The predicted molar refractivity (Wildman–Crippen MR) is 109 cm³/mol. The Balaban J connectivity index is 1.84. The van der Waals surface area contributed by atoms with E-state index in [0.29, 0.717) is 35.4 Å². The van der Waals surface area contributed by atoms with Crippen LogP contribution in [0.1, 0.15) is 18.9 Å². The normalized spacial score (nSPS) is 18.8. The summed E-state index contributed by atoms with van der Waals surface area (Å²) in [7, 11) is 0. The lowest BCUT2D eigenvalue weighted by Gasteiger charge is -2.12. The summed E-state index contributed by atoms with van der Waals surface area (Å²) in [6.07, 6.45) is 0.876. The molecule has 1 aliphatic rings. The van der Waals surface area contributed by atoms with Gasteiger partial charge < -0.3 is 16.2 Å². The molecule has 2 heterocycles. The topological polar surface area (TPSA) is 87.0 Å². The lowest BCUT2D eigenvalue weighted by Crippen LogP contribution is -2.12. The lowest BCUT2D eigenvalue weighted by atomic mass is 9.90. The Morgan fingerprint density at radius 3 is 2.82 bits per heavy atom. The molecule has 0 amide bonds. The summed E-state index contributed by atoms with van der Waals surface area (Å²) in [6.45, 7) is 3.36. The van der Waals surface area contributed by atoms with E-state index in [1.165, 1.54) is 6.07 Å². The molecule has 1 saturated heterocycles. The maximum atomic E-state index is 14.4. The number of rotatable bonds is 1. The molecule has 4 rings (SSSR count). The van der Waals surface area contributed by atoms with Gasteiger partial charge >= 0.3 is 0 Å². The first kappa shape index (κ1) is 18.5. The maximum absolute atomic E-state index is 14.4. The average molecular weight is 397 g/mol. The van der Waals surface area contributed by atoms with Crippen LogP contribution in [0.2, 0.25) is 5.02 Å².